The molecule has 1 saturated carbocycles. The van der Waals surface area contributed by atoms with Crippen molar-refractivity contribution in [1.29, 1.82) is 0 Å². The summed E-state index contributed by atoms with van der Waals surface area (Å²) >= 11 is 0. The Balaban J connectivity index is 1.64. The topological polar surface area (TPSA) is 63.9 Å². The number of benzene rings is 1. The number of nitrogens with one attached hydrogen (secondary N) is 1. The average molecular weight is 305 g/mol. The number of hydrogen-bond acceptors (Lipinski definition) is 3. The van der Waals surface area contributed by atoms with E-state index >= 15 is 0 Å². The highest BCUT2D eigenvalue weighted by Gasteiger charge is 2.22. The van der Waals surface area contributed by atoms with Gasteiger partial charge in [-0.1, -0.05) is 32.6 Å². The minimum atomic E-state index is -0.383. The van der Waals surface area contributed by atoms with Crippen LogP contribution in [-0.2, 0) is 0 Å². The summed E-state index contributed by atoms with van der Waals surface area (Å²) in [6.45, 7) is 2.91. The van der Waals surface area contributed by atoms with Gasteiger partial charge in [0, 0.05) is 12.1 Å². The smallest absolute Gasteiger partial charge is 0.156 e. The molecule has 3 rings (SSSR count). The van der Waals surface area contributed by atoms with Gasteiger partial charge in [-0.15, -0.1) is 0 Å². The van der Waals surface area contributed by atoms with Crippen molar-refractivity contribution in [2.45, 2.75) is 45.4 Å². The second-order valence-electron chi connectivity index (χ2n) is 6.43. The number of nitrogens with zero attached hydrogens (tertiary/aromatic N) is 1. The van der Waals surface area contributed by atoms with Gasteiger partial charge in [-0.2, -0.15) is 5.10 Å². The number of hydrogen-bond donors (Lipinski definition) is 2. The summed E-state index contributed by atoms with van der Waals surface area (Å²) in [5.74, 6) is 1.76. The number of aromatic nitrogens is 2. The number of aromatic amines is 1. The van der Waals surface area contributed by atoms with Crippen LogP contribution in [0.25, 0.3) is 10.9 Å². The van der Waals surface area contributed by atoms with E-state index in [1.807, 2.05) is 0 Å². The standard InChI is InChI=1S/C17H24FN3O/c1-2-4-11-5-3-6-12(7-11)10-22-13-8-14(18)16-15(9-13)20-21-17(16)19/h8-9,11-12H,2-7,10H2,1H3,(H3,19,20,21)/t11?,12-/m0/s1. The lowest BCUT2D eigenvalue weighted by atomic mass is 9.80. The van der Waals surface area contributed by atoms with Gasteiger partial charge in [0.15, 0.2) is 5.82 Å². The molecule has 1 heterocycles. The van der Waals surface area contributed by atoms with Crippen LogP contribution in [0.4, 0.5) is 10.2 Å². The maximum atomic E-state index is 14.0. The van der Waals surface area contributed by atoms with E-state index in [1.54, 1.807) is 6.07 Å². The normalized spacial score (nSPS) is 22.1. The van der Waals surface area contributed by atoms with Crippen LogP contribution in [0.1, 0.15) is 45.4 Å². The highest BCUT2D eigenvalue weighted by molar-refractivity contribution is 5.90. The molecule has 0 aliphatic heterocycles. The lowest BCUT2D eigenvalue weighted by Crippen LogP contribution is -2.21. The molecule has 0 spiro atoms. The SMILES string of the molecule is CCCC1CCC[C@H](COc2cc(F)c3c(N)n[nH]c3c2)C1. The third-order valence-corrected chi connectivity index (χ3v) is 4.69. The van der Waals surface area contributed by atoms with Crippen LogP contribution in [0, 0.1) is 17.7 Å². The number of nitrogen functional groups attached to an aromatic ring is 1. The Morgan fingerprint density at radius 1 is 1.36 bits per heavy atom. The van der Waals surface area contributed by atoms with Crippen LogP contribution < -0.4 is 10.5 Å². The summed E-state index contributed by atoms with van der Waals surface area (Å²) in [4.78, 5) is 0. The van der Waals surface area contributed by atoms with Gasteiger partial charge in [-0.25, -0.2) is 4.39 Å². The zero-order valence-corrected chi connectivity index (χ0v) is 13.1. The third-order valence-electron chi connectivity index (χ3n) is 4.69. The fraction of sp³-hybridized carbons (Fsp3) is 0.588. The van der Waals surface area contributed by atoms with Crippen molar-refractivity contribution >= 4 is 16.7 Å². The molecule has 1 fully saturated rings. The Kier molecular flexibility index (Phi) is 4.50. The molecule has 0 radical (unpaired) electrons. The molecule has 1 aromatic heterocycles. The summed E-state index contributed by atoms with van der Waals surface area (Å²) < 4.78 is 19.9. The van der Waals surface area contributed by atoms with Crippen molar-refractivity contribution in [3.05, 3.63) is 17.9 Å². The molecule has 22 heavy (non-hydrogen) atoms. The van der Waals surface area contributed by atoms with Crippen molar-refractivity contribution in [3.63, 3.8) is 0 Å². The summed E-state index contributed by atoms with van der Waals surface area (Å²) in [6, 6.07) is 3.18. The van der Waals surface area contributed by atoms with E-state index in [0.29, 0.717) is 29.2 Å². The maximum Gasteiger partial charge on any atom is 0.156 e. The van der Waals surface area contributed by atoms with E-state index in [2.05, 4.69) is 17.1 Å². The third kappa shape index (κ3) is 3.18. The monoisotopic (exact) mass is 305 g/mol. The molecular weight excluding hydrogens is 281 g/mol. The number of rotatable bonds is 5. The van der Waals surface area contributed by atoms with Gasteiger partial charge in [-0.3, -0.25) is 5.10 Å². The Bertz CT molecular complexity index is 638. The molecule has 3 N–H and O–H groups in total. The Labute approximate surface area is 130 Å². The van der Waals surface area contributed by atoms with Crippen LogP contribution in [0.15, 0.2) is 12.1 Å². The predicted molar refractivity (Wildman–Crippen MR) is 86.3 cm³/mol. The summed E-state index contributed by atoms with van der Waals surface area (Å²) in [7, 11) is 0. The van der Waals surface area contributed by atoms with Crippen LogP contribution in [0.3, 0.4) is 0 Å². The molecule has 0 bridgehead atoms. The zero-order valence-electron chi connectivity index (χ0n) is 13.1. The highest BCUT2D eigenvalue weighted by atomic mass is 19.1. The van der Waals surface area contributed by atoms with E-state index in [-0.39, 0.29) is 11.6 Å². The summed E-state index contributed by atoms with van der Waals surface area (Å²) in [5.41, 5.74) is 6.22. The minimum Gasteiger partial charge on any atom is -0.493 e. The number of anilines is 1. The van der Waals surface area contributed by atoms with Crippen molar-refractivity contribution in [3.8, 4) is 5.75 Å². The van der Waals surface area contributed by atoms with Crippen molar-refractivity contribution < 1.29 is 9.13 Å². The molecule has 1 unspecified atom stereocenters. The number of H-pyrrole nitrogens is 1. The molecule has 5 heteroatoms. The molecule has 1 aromatic carbocycles. The Morgan fingerprint density at radius 3 is 3.00 bits per heavy atom. The fourth-order valence-electron chi connectivity index (χ4n) is 3.63. The predicted octanol–water partition coefficient (Wildman–Crippen LogP) is 4.27. The Hall–Kier alpha value is -1.78. The van der Waals surface area contributed by atoms with Gasteiger partial charge >= 0.3 is 0 Å². The number of fused-ring (bicyclic) bond motifs is 1. The minimum absolute atomic E-state index is 0.189. The van der Waals surface area contributed by atoms with Crippen LogP contribution in [0.5, 0.6) is 5.75 Å². The molecule has 120 valence electrons. The van der Waals surface area contributed by atoms with E-state index in [4.69, 9.17) is 10.5 Å². The highest BCUT2D eigenvalue weighted by Crippen LogP contribution is 2.33. The second kappa shape index (κ2) is 6.55. The average Bonchev–Trinajstić information content (AvgIpc) is 2.88. The zero-order chi connectivity index (χ0) is 15.5. The lowest BCUT2D eigenvalue weighted by molar-refractivity contribution is 0.171. The summed E-state index contributed by atoms with van der Waals surface area (Å²) in [6.07, 6.45) is 7.63. The van der Waals surface area contributed by atoms with E-state index < -0.39 is 0 Å². The van der Waals surface area contributed by atoms with Gasteiger partial charge in [0.1, 0.15) is 11.6 Å². The molecule has 4 nitrogen and oxygen atoms in total. The first kappa shape index (κ1) is 15.1. The number of halogens is 1. The molecule has 1 aliphatic rings. The number of nitrogens with two attached hydrogens (primary N) is 1. The molecule has 0 amide bonds. The lowest BCUT2D eigenvalue weighted by Gasteiger charge is -2.28. The van der Waals surface area contributed by atoms with Crippen LogP contribution in [-0.4, -0.2) is 16.8 Å². The van der Waals surface area contributed by atoms with E-state index in [9.17, 15) is 4.39 Å². The quantitative estimate of drug-likeness (QED) is 0.867. The molecule has 2 atom stereocenters. The second-order valence-corrected chi connectivity index (χ2v) is 6.43. The van der Waals surface area contributed by atoms with Crippen molar-refractivity contribution in [2.24, 2.45) is 11.8 Å². The van der Waals surface area contributed by atoms with Gasteiger partial charge in [0.05, 0.1) is 17.5 Å². The first-order chi connectivity index (χ1) is 10.7. The largest absolute Gasteiger partial charge is 0.493 e. The molecule has 0 saturated heterocycles. The van der Waals surface area contributed by atoms with Crippen LogP contribution >= 0.6 is 0 Å². The van der Waals surface area contributed by atoms with Crippen LogP contribution in [0.2, 0.25) is 0 Å². The van der Waals surface area contributed by atoms with Crippen molar-refractivity contribution in [1.82, 2.24) is 10.2 Å². The number of ether oxygens (including phenoxy) is 1. The summed E-state index contributed by atoms with van der Waals surface area (Å²) in [5, 5.41) is 6.91. The van der Waals surface area contributed by atoms with Gasteiger partial charge in [0.25, 0.3) is 0 Å². The first-order valence-corrected chi connectivity index (χ1v) is 8.23. The molecule has 2 aromatic rings. The maximum absolute atomic E-state index is 14.0. The van der Waals surface area contributed by atoms with Gasteiger partial charge in [-0.05, 0) is 24.7 Å². The fourth-order valence-corrected chi connectivity index (χ4v) is 3.63. The van der Waals surface area contributed by atoms with E-state index in [1.165, 1.54) is 44.6 Å². The van der Waals surface area contributed by atoms with Gasteiger partial charge in [0.2, 0.25) is 0 Å². The Morgan fingerprint density at radius 2 is 2.18 bits per heavy atom. The van der Waals surface area contributed by atoms with E-state index in [0.717, 1.165) is 5.92 Å². The van der Waals surface area contributed by atoms with Crippen molar-refractivity contribution in [2.75, 3.05) is 12.3 Å². The first-order valence-electron chi connectivity index (χ1n) is 8.23. The van der Waals surface area contributed by atoms with Gasteiger partial charge < -0.3 is 10.5 Å². The molecular formula is C17H24FN3O. The molecule has 1 aliphatic carbocycles.